The van der Waals surface area contributed by atoms with Crippen molar-refractivity contribution in [1.82, 2.24) is 0 Å². The van der Waals surface area contributed by atoms with E-state index in [2.05, 4.69) is 5.32 Å². The van der Waals surface area contributed by atoms with Crippen molar-refractivity contribution < 1.29 is 18.0 Å². The molecule has 0 bridgehead atoms. The Balaban J connectivity index is 2.14. The zero-order chi connectivity index (χ0) is 16.0. The monoisotopic (exact) mass is 312 g/mol. The maximum absolute atomic E-state index is 13.2. The second kappa shape index (κ2) is 5.18. The van der Waals surface area contributed by atoms with Crippen molar-refractivity contribution in [1.29, 1.82) is 0 Å². The lowest BCUT2D eigenvalue weighted by atomic mass is 9.77. The minimum Gasteiger partial charge on any atom is -0.356 e. The van der Waals surface area contributed by atoms with Gasteiger partial charge in [0.1, 0.15) is 5.54 Å². The lowest BCUT2D eigenvalue weighted by Gasteiger charge is -2.49. The number of carbonyl (C=O) groups excluding carboxylic acids is 1. The Kier molecular flexibility index (Phi) is 3.57. The van der Waals surface area contributed by atoms with Crippen LogP contribution in [-0.2, 0) is 11.0 Å². The Morgan fingerprint density at radius 1 is 1.23 bits per heavy atom. The molecule has 0 atom stereocenters. The highest BCUT2D eigenvalue weighted by atomic mass is 19.4. The lowest BCUT2D eigenvalue weighted by molar-refractivity contribution is -0.137. The summed E-state index contributed by atoms with van der Waals surface area (Å²) >= 11 is 0. The van der Waals surface area contributed by atoms with E-state index in [-0.39, 0.29) is 11.6 Å². The molecule has 0 radical (unpaired) electrons. The third-order valence-electron chi connectivity index (χ3n) is 4.81. The first kappa shape index (κ1) is 15.2. The standard InChI is InChI=1S/C16H19F3N2O/c1-2-21-12-8-6-7-11(16(17,18)19)13(12)20-14(22)15(21)9-4-3-5-10-15/h6-8H,2-5,9-10H2,1H3,(H,20,22). The molecular weight excluding hydrogens is 293 g/mol. The SMILES string of the molecule is CCN1c2cccc(C(F)(F)F)c2NC(=O)C12CCCCC2. The van der Waals surface area contributed by atoms with Crippen molar-refractivity contribution in [2.24, 2.45) is 0 Å². The van der Waals surface area contributed by atoms with Crippen LogP contribution >= 0.6 is 0 Å². The molecule has 2 aliphatic rings. The van der Waals surface area contributed by atoms with Crippen LogP contribution in [-0.4, -0.2) is 18.0 Å². The van der Waals surface area contributed by atoms with E-state index in [0.29, 0.717) is 25.1 Å². The molecule has 120 valence electrons. The number of anilines is 2. The van der Waals surface area contributed by atoms with Crippen molar-refractivity contribution in [3.8, 4) is 0 Å². The molecule has 1 amide bonds. The van der Waals surface area contributed by atoms with Gasteiger partial charge < -0.3 is 10.2 Å². The van der Waals surface area contributed by atoms with Gasteiger partial charge >= 0.3 is 6.18 Å². The van der Waals surface area contributed by atoms with Gasteiger partial charge in [-0.3, -0.25) is 4.79 Å². The number of nitrogens with zero attached hydrogens (tertiary/aromatic N) is 1. The minimum atomic E-state index is -4.48. The number of hydrogen-bond donors (Lipinski definition) is 1. The maximum atomic E-state index is 13.2. The summed E-state index contributed by atoms with van der Waals surface area (Å²) in [5, 5.41) is 2.56. The predicted octanol–water partition coefficient (Wildman–Crippen LogP) is 4.19. The van der Waals surface area contributed by atoms with E-state index in [4.69, 9.17) is 0 Å². The molecule has 0 unspecified atom stereocenters. The molecule has 1 aliphatic carbocycles. The zero-order valence-corrected chi connectivity index (χ0v) is 12.5. The molecule has 1 aromatic carbocycles. The molecule has 22 heavy (non-hydrogen) atoms. The molecule has 1 aromatic rings. The molecule has 1 spiro atoms. The molecule has 3 nitrogen and oxygen atoms in total. The van der Waals surface area contributed by atoms with E-state index in [9.17, 15) is 18.0 Å². The summed E-state index contributed by atoms with van der Waals surface area (Å²) in [5.41, 5.74) is -1.08. The quantitative estimate of drug-likeness (QED) is 0.843. The van der Waals surface area contributed by atoms with Gasteiger partial charge in [-0.2, -0.15) is 13.2 Å². The summed E-state index contributed by atoms with van der Waals surface area (Å²) in [4.78, 5) is 14.5. The van der Waals surface area contributed by atoms with Gasteiger partial charge in [0.15, 0.2) is 0 Å². The second-order valence-electron chi connectivity index (χ2n) is 5.99. The number of hydrogen-bond acceptors (Lipinski definition) is 2. The summed E-state index contributed by atoms with van der Waals surface area (Å²) < 4.78 is 39.6. The number of halogens is 3. The number of fused-ring (bicyclic) bond motifs is 1. The van der Waals surface area contributed by atoms with Crippen molar-refractivity contribution in [3.05, 3.63) is 23.8 Å². The van der Waals surface area contributed by atoms with Gasteiger partial charge in [-0.1, -0.05) is 25.3 Å². The molecule has 0 aromatic heterocycles. The summed E-state index contributed by atoms with van der Waals surface area (Å²) in [6.45, 7) is 2.40. The van der Waals surface area contributed by atoms with E-state index in [1.54, 1.807) is 6.07 Å². The van der Waals surface area contributed by atoms with E-state index >= 15 is 0 Å². The van der Waals surface area contributed by atoms with Crippen molar-refractivity contribution in [2.75, 3.05) is 16.8 Å². The first-order valence-electron chi connectivity index (χ1n) is 7.69. The highest BCUT2D eigenvalue weighted by Crippen LogP contribution is 2.48. The summed E-state index contributed by atoms with van der Waals surface area (Å²) in [5.74, 6) is -0.293. The number of nitrogens with one attached hydrogen (secondary N) is 1. The number of alkyl halides is 3. The molecule has 6 heteroatoms. The zero-order valence-electron chi connectivity index (χ0n) is 12.5. The van der Waals surface area contributed by atoms with Crippen LogP contribution in [0.3, 0.4) is 0 Å². The number of carbonyl (C=O) groups is 1. The lowest BCUT2D eigenvalue weighted by Crippen LogP contribution is -2.61. The van der Waals surface area contributed by atoms with E-state index in [1.807, 2.05) is 11.8 Å². The fourth-order valence-corrected chi connectivity index (χ4v) is 3.82. The molecular formula is C16H19F3N2O. The average molecular weight is 312 g/mol. The Bertz CT molecular complexity index is 592. The maximum Gasteiger partial charge on any atom is 0.418 e. The van der Waals surface area contributed by atoms with Crippen molar-refractivity contribution >= 4 is 17.3 Å². The van der Waals surface area contributed by atoms with Gasteiger partial charge in [-0.25, -0.2) is 0 Å². The largest absolute Gasteiger partial charge is 0.418 e. The molecule has 1 saturated carbocycles. The first-order valence-corrected chi connectivity index (χ1v) is 7.69. The average Bonchev–Trinajstić information content (AvgIpc) is 2.48. The Morgan fingerprint density at radius 2 is 1.91 bits per heavy atom. The van der Waals surface area contributed by atoms with Crippen LogP contribution < -0.4 is 10.2 Å². The topological polar surface area (TPSA) is 32.3 Å². The highest BCUT2D eigenvalue weighted by molar-refractivity contribution is 6.07. The second-order valence-corrected chi connectivity index (χ2v) is 5.99. The number of amides is 1. The van der Waals surface area contributed by atoms with Crippen LogP contribution in [0.15, 0.2) is 18.2 Å². The van der Waals surface area contributed by atoms with Crippen LogP contribution in [0, 0.1) is 0 Å². The van der Waals surface area contributed by atoms with Crippen LogP contribution in [0.2, 0.25) is 0 Å². The normalized spacial score (nSPS) is 20.7. The van der Waals surface area contributed by atoms with E-state index in [1.165, 1.54) is 6.07 Å². The predicted molar refractivity (Wildman–Crippen MR) is 78.9 cm³/mol. The van der Waals surface area contributed by atoms with Gasteiger partial charge in [-0.05, 0) is 31.9 Å². The molecule has 0 saturated heterocycles. The van der Waals surface area contributed by atoms with Gasteiger partial charge in [0, 0.05) is 6.54 Å². The van der Waals surface area contributed by atoms with Gasteiger partial charge in [0.25, 0.3) is 0 Å². The van der Waals surface area contributed by atoms with E-state index < -0.39 is 17.3 Å². The highest BCUT2D eigenvalue weighted by Gasteiger charge is 2.49. The van der Waals surface area contributed by atoms with E-state index in [0.717, 1.165) is 25.3 Å². The Labute approximate surface area is 127 Å². The Morgan fingerprint density at radius 3 is 2.50 bits per heavy atom. The van der Waals surface area contributed by atoms with Gasteiger partial charge in [0.05, 0.1) is 16.9 Å². The van der Waals surface area contributed by atoms with Crippen LogP contribution in [0.5, 0.6) is 0 Å². The summed E-state index contributed by atoms with van der Waals surface area (Å²) in [6, 6.07) is 4.11. The molecule has 1 heterocycles. The van der Waals surface area contributed by atoms with Crippen molar-refractivity contribution in [3.63, 3.8) is 0 Å². The van der Waals surface area contributed by atoms with Crippen LogP contribution in [0.1, 0.15) is 44.6 Å². The van der Waals surface area contributed by atoms with Gasteiger partial charge in [0.2, 0.25) is 5.91 Å². The fraction of sp³-hybridized carbons (Fsp3) is 0.562. The number of para-hydroxylation sites is 1. The third kappa shape index (κ3) is 2.16. The molecule has 1 aliphatic heterocycles. The first-order chi connectivity index (χ1) is 10.4. The Hall–Kier alpha value is -1.72. The van der Waals surface area contributed by atoms with Gasteiger partial charge in [-0.15, -0.1) is 0 Å². The third-order valence-corrected chi connectivity index (χ3v) is 4.81. The number of rotatable bonds is 1. The summed E-state index contributed by atoms with van der Waals surface area (Å²) in [7, 11) is 0. The smallest absolute Gasteiger partial charge is 0.356 e. The molecule has 1 N–H and O–H groups in total. The number of benzene rings is 1. The molecule has 1 fully saturated rings. The summed E-state index contributed by atoms with van der Waals surface area (Å²) in [6.07, 6.45) is -0.154. The fourth-order valence-electron chi connectivity index (χ4n) is 3.82. The van der Waals surface area contributed by atoms with Crippen LogP contribution in [0.4, 0.5) is 24.5 Å². The van der Waals surface area contributed by atoms with Crippen LogP contribution in [0.25, 0.3) is 0 Å². The number of likely N-dealkylation sites (N-methyl/N-ethyl adjacent to an activating group) is 1. The van der Waals surface area contributed by atoms with Crippen molar-refractivity contribution in [2.45, 2.75) is 50.7 Å². The molecule has 3 rings (SSSR count). The minimum absolute atomic E-state index is 0.0990.